The van der Waals surface area contributed by atoms with E-state index in [4.69, 9.17) is 0 Å². The van der Waals surface area contributed by atoms with Crippen molar-refractivity contribution in [2.75, 3.05) is 0 Å². The molecule has 0 radical (unpaired) electrons. The molecular formula is C17H11Br2NO. The largest absolute Gasteiger partial charge is 0.328 e. The average Bonchev–Trinajstić information content (AvgIpc) is 2.47. The van der Waals surface area contributed by atoms with E-state index in [0.717, 1.165) is 25.6 Å². The minimum atomic E-state index is -0.0909. The molecule has 0 spiro atoms. The van der Waals surface area contributed by atoms with Crippen molar-refractivity contribution >= 4 is 31.9 Å². The average molecular weight is 405 g/mol. The van der Waals surface area contributed by atoms with Gasteiger partial charge in [0.1, 0.15) is 0 Å². The van der Waals surface area contributed by atoms with Crippen molar-refractivity contribution in [2.24, 2.45) is 0 Å². The zero-order valence-corrected chi connectivity index (χ0v) is 14.1. The van der Waals surface area contributed by atoms with Crippen molar-refractivity contribution in [3.8, 4) is 22.3 Å². The summed E-state index contributed by atoms with van der Waals surface area (Å²) in [6, 6.07) is 17.6. The van der Waals surface area contributed by atoms with Crippen LogP contribution in [0, 0.1) is 0 Å². The molecule has 3 aromatic rings. The van der Waals surface area contributed by atoms with E-state index in [1.807, 2.05) is 54.6 Å². The third kappa shape index (κ3) is 3.17. The van der Waals surface area contributed by atoms with Gasteiger partial charge in [0.2, 0.25) is 0 Å². The lowest BCUT2D eigenvalue weighted by Crippen LogP contribution is -2.08. The number of nitrogens with one attached hydrogen (secondary N) is 1. The fourth-order valence-electron chi connectivity index (χ4n) is 2.19. The predicted octanol–water partition coefficient (Wildman–Crippen LogP) is 5.23. The van der Waals surface area contributed by atoms with Crippen molar-refractivity contribution in [2.45, 2.75) is 0 Å². The summed E-state index contributed by atoms with van der Waals surface area (Å²) in [5.74, 6) is 0. The lowest BCUT2D eigenvalue weighted by Gasteiger charge is -2.06. The molecule has 21 heavy (non-hydrogen) atoms. The molecule has 104 valence electrons. The van der Waals surface area contributed by atoms with Crippen molar-refractivity contribution < 1.29 is 0 Å². The van der Waals surface area contributed by atoms with Gasteiger partial charge in [0.15, 0.2) is 0 Å². The van der Waals surface area contributed by atoms with Crippen LogP contribution < -0.4 is 5.56 Å². The van der Waals surface area contributed by atoms with Crippen LogP contribution in [-0.2, 0) is 0 Å². The lowest BCUT2D eigenvalue weighted by atomic mass is 10.0. The molecule has 0 bridgehead atoms. The van der Waals surface area contributed by atoms with Gasteiger partial charge in [0, 0.05) is 20.7 Å². The van der Waals surface area contributed by atoms with E-state index in [9.17, 15) is 4.79 Å². The van der Waals surface area contributed by atoms with Gasteiger partial charge in [-0.15, -0.1) is 0 Å². The minimum Gasteiger partial charge on any atom is -0.328 e. The highest BCUT2D eigenvalue weighted by Gasteiger charge is 2.07. The Bertz CT molecular complexity index is 855. The van der Waals surface area contributed by atoms with Crippen LogP contribution in [0.15, 0.2) is 74.5 Å². The van der Waals surface area contributed by atoms with Crippen LogP contribution in [0.5, 0.6) is 0 Å². The molecule has 3 rings (SSSR count). The van der Waals surface area contributed by atoms with Gasteiger partial charge in [0.05, 0.1) is 0 Å². The van der Waals surface area contributed by atoms with Crippen LogP contribution in [0.2, 0.25) is 0 Å². The molecule has 2 aromatic carbocycles. The normalized spacial score (nSPS) is 10.6. The molecule has 0 saturated heterocycles. The first-order valence-corrected chi connectivity index (χ1v) is 7.97. The van der Waals surface area contributed by atoms with Gasteiger partial charge in [-0.3, -0.25) is 4.79 Å². The van der Waals surface area contributed by atoms with Crippen LogP contribution in [0.3, 0.4) is 0 Å². The molecule has 1 N–H and O–H groups in total. The number of hydrogen-bond acceptors (Lipinski definition) is 1. The van der Waals surface area contributed by atoms with Gasteiger partial charge in [-0.25, -0.2) is 0 Å². The molecule has 0 unspecified atom stereocenters. The number of aromatic amines is 1. The monoisotopic (exact) mass is 403 g/mol. The van der Waals surface area contributed by atoms with E-state index in [-0.39, 0.29) is 5.56 Å². The predicted molar refractivity (Wildman–Crippen MR) is 93.3 cm³/mol. The molecule has 2 nitrogen and oxygen atoms in total. The number of H-pyrrole nitrogens is 1. The maximum absolute atomic E-state index is 12.1. The molecule has 0 fully saturated rings. The highest BCUT2D eigenvalue weighted by molar-refractivity contribution is 9.10. The molecule has 0 saturated carbocycles. The molecular weight excluding hydrogens is 394 g/mol. The Morgan fingerprint density at radius 1 is 0.762 bits per heavy atom. The Balaban J connectivity index is 2.15. The van der Waals surface area contributed by atoms with E-state index >= 15 is 0 Å². The molecule has 0 atom stereocenters. The molecule has 1 heterocycles. The van der Waals surface area contributed by atoms with E-state index in [1.54, 1.807) is 6.20 Å². The highest BCUT2D eigenvalue weighted by Crippen LogP contribution is 2.26. The van der Waals surface area contributed by atoms with Crippen LogP contribution in [0.4, 0.5) is 0 Å². The Kier molecular flexibility index (Phi) is 4.08. The van der Waals surface area contributed by atoms with Gasteiger partial charge >= 0.3 is 0 Å². The van der Waals surface area contributed by atoms with Crippen molar-refractivity contribution in [3.05, 3.63) is 80.1 Å². The summed E-state index contributed by atoms with van der Waals surface area (Å²) in [4.78, 5) is 14.9. The first-order valence-electron chi connectivity index (χ1n) is 6.38. The maximum Gasteiger partial charge on any atom is 0.255 e. The van der Waals surface area contributed by atoms with Gasteiger partial charge in [-0.1, -0.05) is 56.1 Å². The Hall–Kier alpha value is -1.65. The summed E-state index contributed by atoms with van der Waals surface area (Å²) >= 11 is 6.91. The second-order valence-electron chi connectivity index (χ2n) is 4.65. The topological polar surface area (TPSA) is 32.9 Å². The van der Waals surface area contributed by atoms with E-state index < -0.39 is 0 Å². The van der Waals surface area contributed by atoms with Crippen LogP contribution in [-0.4, -0.2) is 4.98 Å². The summed E-state index contributed by atoms with van der Waals surface area (Å²) in [6.45, 7) is 0. The van der Waals surface area contributed by atoms with Crippen LogP contribution in [0.1, 0.15) is 0 Å². The van der Waals surface area contributed by atoms with Gasteiger partial charge in [-0.05, 0) is 47.0 Å². The fourth-order valence-corrected chi connectivity index (χ4v) is 2.99. The summed E-state index contributed by atoms with van der Waals surface area (Å²) in [5.41, 5.74) is 3.49. The number of rotatable bonds is 2. The van der Waals surface area contributed by atoms with Crippen molar-refractivity contribution in [1.82, 2.24) is 4.98 Å². The Labute approximate surface area is 139 Å². The number of aromatic nitrogens is 1. The zero-order valence-electron chi connectivity index (χ0n) is 10.9. The smallest absolute Gasteiger partial charge is 0.255 e. The van der Waals surface area contributed by atoms with Gasteiger partial charge in [0.25, 0.3) is 5.56 Å². The summed E-state index contributed by atoms with van der Waals surface area (Å²) in [7, 11) is 0. The Morgan fingerprint density at radius 3 is 2.05 bits per heavy atom. The first kappa shape index (κ1) is 14.3. The van der Waals surface area contributed by atoms with E-state index in [2.05, 4.69) is 36.8 Å². The lowest BCUT2D eigenvalue weighted by molar-refractivity contribution is 1.24. The zero-order chi connectivity index (χ0) is 14.8. The maximum atomic E-state index is 12.1. The standard InChI is InChI=1S/C17H11Br2NO/c18-14-5-1-3-11(7-14)13-9-16(17(21)20-10-13)12-4-2-6-15(19)8-12/h1-10H,(H,20,21). The summed E-state index contributed by atoms with van der Waals surface area (Å²) in [6.07, 6.45) is 1.74. The van der Waals surface area contributed by atoms with Crippen molar-refractivity contribution in [1.29, 1.82) is 0 Å². The molecule has 0 amide bonds. The van der Waals surface area contributed by atoms with E-state index in [0.29, 0.717) is 5.56 Å². The summed E-state index contributed by atoms with van der Waals surface area (Å²) < 4.78 is 1.96. The summed E-state index contributed by atoms with van der Waals surface area (Å²) in [5, 5.41) is 0. The minimum absolute atomic E-state index is 0.0909. The number of hydrogen-bond donors (Lipinski definition) is 1. The molecule has 0 aliphatic carbocycles. The first-order chi connectivity index (χ1) is 10.1. The molecule has 1 aromatic heterocycles. The Morgan fingerprint density at radius 2 is 1.38 bits per heavy atom. The van der Waals surface area contributed by atoms with Crippen LogP contribution in [0.25, 0.3) is 22.3 Å². The number of benzene rings is 2. The molecule has 0 aliphatic rings. The molecule has 4 heteroatoms. The van der Waals surface area contributed by atoms with Crippen molar-refractivity contribution in [3.63, 3.8) is 0 Å². The van der Waals surface area contributed by atoms with Gasteiger partial charge < -0.3 is 4.98 Å². The van der Waals surface area contributed by atoms with Crippen LogP contribution >= 0.6 is 31.9 Å². The number of halogens is 2. The highest BCUT2D eigenvalue weighted by atomic mass is 79.9. The third-order valence-electron chi connectivity index (χ3n) is 3.20. The SMILES string of the molecule is O=c1[nH]cc(-c2cccc(Br)c2)cc1-c1cccc(Br)c1. The number of pyridine rings is 1. The fraction of sp³-hybridized carbons (Fsp3) is 0. The second-order valence-corrected chi connectivity index (χ2v) is 6.48. The third-order valence-corrected chi connectivity index (χ3v) is 4.18. The van der Waals surface area contributed by atoms with Gasteiger partial charge in [-0.2, -0.15) is 0 Å². The second kappa shape index (κ2) is 6.00. The quantitative estimate of drug-likeness (QED) is 0.622. The van der Waals surface area contributed by atoms with E-state index in [1.165, 1.54) is 0 Å². The molecule has 0 aliphatic heterocycles.